The van der Waals surface area contributed by atoms with Crippen LogP contribution in [0.5, 0.6) is 0 Å². The molecule has 0 aromatic carbocycles. The van der Waals surface area contributed by atoms with Gasteiger partial charge in [-0.25, -0.2) is 0 Å². The van der Waals surface area contributed by atoms with Gasteiger partial charge in [0.05, 0.1) is 13.1 Å². The van der Waals surface area contributed by atoms with E-state index in [2.05, 4.69) is 28.9 Å². The molecule has 1 aromatic rings. The van der Waals surface area contributed by atoms with Crippen LogP contribution in [-0.2, 0) is 17.8 Å². The highest BCUT2D eigenvalue weighted by atomic mass is 35.5. The maximum atomic E-state index is 10.8. The molecule has 0 unspecified atom stereocenters. The molecule has 24 heavy (non-hydrogen) atoms. The summed E-state index contributed by atoms with van der Waals surface area (Å²) in [6.45, 7) is 7.02. The van der Waals surface area contributed by atoms with Gasteiger partial charge < -0.3 is 9.63 Å². The predicted octanol–water partition coefficient (Wildman–Crippen LogP) is 2.06. The van der Waals surface area contributed by atoms with Gasteiger partial charge in [-0.2, -0.15) is 4.98 Å². The third-order valence-electron chi connectivity index (χ3n) is 4.38. The van der Waals surface area contributed by atoms with Gasteiger partial charge in [0.15, 0.2) is 5.82 Å². The number of halogens is 1. The molecule has 0 radical (unpaired) electrons. The fraction of sp³-hybridized carbons (Fsp3) is 0.812. The molecule has 1 aliphatic rings. The molecule has 2 heterocycles. The molecule has 8 heteroatoms. The van der Waals surface area contributed by atoms with E-state index in [1.165, 1.54) is 0 Å². The van der Waals surface area contributed by atoms with E-state index in [1.54, 1.807) is 0 Å². The Labute approximate surface area is 149 Å². The minimum Gasteiger partial charge on any atom is -0.480 e. The number of carboxylic acid groups (broad SMARTS) is 1. The van der Waals surface area contributed by atoms with Crippen LogP contribution in [0.3, 0.4) is 0 Å². The van der Waals surface area contributed by atoms with Crippen molar-refractivity contribution in [2.24, 2.45) is 5.92 Å². The van der Waals surface area contributed by atoms with Crippen molar-refractivity contribution < 1.29 is 14.4 Å². The third kappa shape index (κ3) is 6.75. The molecule has 2 rings (SSSR count). The number of hydrogen-bond acceptors (Lipinski definition) is 6. The molecule has 1 aliphatic heterocycles. The van der Waals surface area contributed by atoms with Crippen molar-refractivity contribution in [1.82, 2.24) is 19.9 Å². The Bertz CT molecular complexity index is 501. The smallest absolute Gasteiger partial charge is 0.317 e. The Morgan fingerprint density at radius 3 is 2.67 bits per heavy atom. The molecule has 1 N–H and O–H groups in total. The zero-order chi connectivity index (χ0) is 16.8. The molecule has 0 atom stereocenters. The Morgan fingerprint density at radius 2 is 2.08 bits per heavy atom. The summed E-state index contributed by atoms with van der Waals surface area (Å²) in [5, 5.41) is 12.9. The first-order chi connectivity index (χ1) is 10.9. The second-order valence-corrected chi connectivity index (χ2v) is 6.85. The van der Waals surface area contributed by atoms with Crippen LogP contribution < -0.4 is 0 Å². The van der Waals surface area contributed by atoms with Crippen LogP contribution in [0.25, 0.3) is 0 Å². The summed E-state index contributed by atoms with van der Waals surface area (Å²) in [7, 11) is 1.88. The monoisotopic (exact) mass is 360 g/mol. The number of rotatable bonds is 8. The number of carboxylic acids is 1. The van der Waals surface area contributed by atoms with Crippen molar-refractivity contribution in [1.29, 1.82) is 0 Å². The Balaban J connectivity index is 0.00000288. The van der Waals surface area contributed by atoms with E-state index >= 15 is 0 Å². The molecule has 0 aliphatic carbocycles. The minimum atomic E-state index is -0.769. The van der Waals surface area contributed by atoms with Gasteiger partial charge in [-0.15, -0.1) is 12.4 Å². The van der Waals surface area contributed by atoms with Crippen molar-refractivity contribution in [3.63, 3.8) is 0 Å². The zero-order valence-electron chi connectivity index (χ0n) is 14.8. The van der Waals surface area contributed by atoms with E-state index < -0.39 is 5.97 Å². The van der Waals surface area contributed by atoms with Gasteiger partial charge in [0.25, 0.3) is 0 Å². The van der Waals surface area contributed by atoms with Crippen LogP contribution in [-0.4, -0.2) is 63.7 Å². The first kappa shape index (κ1) is 20.9. The highest BCUT2D eigenvalue weighted by Crippen LogP contribution is 2.17. The van der Waals surface area contributed by atoms with Gasteiger partial charge in [0, 0.05) is 25.6 Å². The highest BCUT2D eigenvalue weighted by molar-refractivity contribution is 5.85. The number of likely N-dealkylation sites (N-methyl/N-ethyl adjacent to an activating group) is 1. The third-order valence-corrected chi connectivity index (χ3v) is 4.38. The number of aryl methyl sites for hydroxylation is 1. The fourth-order valence-electron chi connectivity index (χ4n) is 2.93. The Kier molecular flexibility index (Phi) is 8.66. The largest absolute Gasteiger partial charge is 0.480 e. The van der Waals surface area contributed by atoms with E-state index in [9.17, 15) is 4.79 Å². The lowest BCUT2D eigenvalue weighted by molar-refractivity contribution is -0.138. The van der Waals surface area contributed by atoms with Gasteiger partial charge in [-0.3, -0.25) is 14.6 Å². The Morgan fingerprint density at radius 1 is 1.42 bits per heavy atom. The maximum Gasteiger partial charge on any atom is 0.317 e. The van der Waals surface area contributed by atoms with E-state index in [4.69, 9.17) is 9.63 Å². The van der Waals surface area contributed by atoms with Crippen LogP contribution in [0.1, 0.15) is 44.8 Å². The topological polar surface area (TPSA) is 82.7 Å². The van der Waals surface area contributed by atoms with Crippen LogP contribution in [0.2, 0.25) is 0 Å². The van der Waals surface area contributed by atoms with Gasteiger partial charge >= 0.3 is 5.97 Å². The normalized spacial score (nSPS) is 16.5. The van der Waals surface area contributed by atoms with Crippen LogP contribution in [0.15, 0.2) is 4.52 Å². The number of hydrogen-bond donors (Lipinski definition) is 1. The molecule has 1 fully saturated rings. The summed E-state index contributed by atoms with van der Waals surface area (Å²) in [4.78, 5) is 19.5. The number of likely N-dealkylation sites (tertiary alicyclic amines) is 1. The number of piperidine rings is 1. The van der Waals surface area contributed by atoms with Crippen molar-refractivity contribution >= 4 is 18.4 Å². The summed E-state index contributed by atoms with van der Waals surface area (Å²) < 4.78 is 5.34. The lowest BCUT2D eigenvalue weighted by Gasteiger charge is -2.35. The summed E-state index contributed by atoms with van der Waals surface area (Å²) >= 11 is 0. The molecule has 0 bridgehead atoms. The summed E-state index contributed by atoms with van der Waals surface area (Å²) in [5.74, 6) is 1.35. The zero-order valence-corrected chi connectivity index (χ0v) is 15.6. The van der Waals surface area contributed by atoms with Gasteiger partial charge in [-0.05, 0) is 32.2 Å². The SMILES string of the molecule is CC(C)CCc1noc(CN2CCC(N(C)CC(=O)O)CC2)n1.Cl. The van der Waals surface area contributed by atoms with Crippen LogP contribution >= 0.6 is 12.4 Å². The molecule has 7 nitrogen and oxygen atoms in total. The number of aliphatic carboxylic acids is 1. The van der Waals surface area contributed by atoms with E-state index in [1.807, 2.05) is 11.9 Å². The summed E-state index contributed by atoms with van der Waals surface area (Å²) in [5.41, 5.74) is 0. The molecule has 138 valence electrons. The minimum absolute atomic E-state index is 0. The summed E-state index contributed by atoms with van der Waals surface area (Å²) in [6, 6.07) is 0.339. The fourth-order valence-corrected chi connectivity index (χ4v) is 2.93. The molecular formula is C16H29ClN4O3. The van der Waals surface area contributed by atoms with Crippen molar-refractivity contribution in [3.8, 4) is 0 Å². The van der Waals surface area contributed by atoms with Crippen LogP contribution in [0.4, 0.5) is 0 Å². The quantitative estimate of drug-likeness (QED) is 0.759. The average molecular weight is 361 g/mol. The second-order valence-electron chi connectivity index (χ2n) is 6.85. The number of carbonyl (C=O) groups is 1. The van der Waals surface area contributed by atoms with E-state index in [0.717, 1.165) is 44.6 Å². The first-order valence-electron chi connectivity index (χ1n) is 8.40. The summed E-state index contributed by atoms with van der Waals surface area (Å²) in [6.07, 6.45) is 3.87. The van der Waals surface area contributed by atoms with Crippen molar-refractivity contribution in [3.05, 3.63) is 11.7 Å². The van der Waals surface area contributed by atoms with Crippen molar-refractivity contribution in [2.75, 3.05) is 26.7 Å². The lowest BCUT2D eigenvalue weighted by atomic mass is 10.0. The second kappa shape index (κ2) is 9.96. The molecule has 0 amide bonds. The molecule has 0 saturated carbocycles. The highest BCUT2D eigenvalue weighted by Gasteiger charge is 2.24. The van der Waals surface area contributed by atoms with Crippen LogP contribution in [0, 0.1) is 5.92 Å². The number of aromatic nitrogens is 2. The average Bonchev–Trinajstić information content (AvgIpc) is 2.92. The van der Waals surface area contributed by atoms with Gasteiger partial charge in [0.1, 0.15) is 0 Å². The Hall–Kier alpha value is -1.18. The van der Waals surface area contributed by atoms with E-state index in [-0.39, 0.29) is 19.0 Å². The van der Waals surface area contributed by atoms with Gasteiger partial charge in [0.2, 0.25) is 5.89 Å². The molecular weight excluding hydrogens is 332 g/mol. The lowest BCUT2D eigenvalue weighted by Crippen LogP contribution is -2.44. The standard InChI is InChI=1S/C16H28N4O3.ClH/c1-12(2)4-5-14-17-15(23-18-14)10-20-8-6-13(7-9-20)19(3)11-16(21)22;/h12-13H,4-11H2,1-3H3,(H,21,22);1H. The van der Waals surface area contributed by atoms with Crippen molar-refractivity contribution in [2.45, 2.75) is 52.1 Å². The number of nitrogens with zero attached hydrogens (tertiary/aromatic N) is 4. The predicted molar refractivity (Wildman–Crippen MR) is 93.3 cm³/mol. The molecule has 0 spiro atoms. The molecule has 1 aromatic heterocycles. The van der Waals surface area contributed by atoms with Gasteiger partial charge in [-0.1, -0.05) is 19.0 Å². The maximum absolute atomic E-state index is 10.8. The molecule has 1 saturated heterocycles. The van der Waals surface area contributed by atoms with E-state index in [0.29, 0.717) is 24.4 Å². The first-order valence-corrected chi connectivity index (χ1v) is 8.40.